The lowest BCUT2D eigenvalue weighted by Gasteiger charge is -2.05. The summed E-state index contributed by atoms with van der Waals surface area (Å²) in [6, 6.07) is 4.51. The van der Waals surface area contributed by atoms with Crippen LogP contribution in [-0.4, -0.2) is 14.9 Å². The molecule has 6 nitrogen and oxygen atoms in total. The number of hydrogen-bond donors (Lipinski definition) is 2. The molecule has 7 heteroatoms. The molecule has 1 aromatic heterocycles. The molecule has 0 aliphatic carbocycles. The molecular formula is C11H11ClN4O2. The van der Waals surface area contributed by atoms with Crippen LogP contribution in [0.25, 0.3) is 0 Å². The van der Waals surface area contributed by atoms with Gasteiger partial charge in [0.15, 0.2) is 0 Å². The van der Waals surface area contributed by atoms with Crippen LogP contribution in [0.1, 0.15) is 11.5 Å². The Morgan fingerprint density at radius 3 is 2.94 bits per heavy atom. The molecule has 0 radical (unpaired) electrons. The van der Waals surface area contributed by atoms with E-state index in [0.717, 1.165) is 11.5 Å². The highest BCUT2D eigenvalue weighted by Gasteiger charge is 2.14. The summed E-state index contributed by atoms with van der Waals surface area (Å²) < 4.78 is 0. The fourth-order valence-corrected chi connectivity index (χ4v) is 1.72. The first-order chi connectivity index (χ1) is 8.56. The highest BCUT2D eigenvalue weighted by Crippen LogP contribution is 2.27. The molecule has 94 valence electrons. The largest absolute Gasteiger partial charge is 0.374 e. The van der Waals surface area contributed by atoms with E-state index in [-0.39, 0.29) is 5.69 Å². The Labute approximate surface area is 108 Å². The summed E-state index contributed by atoms with van der Waals surface area (Å²) in [6.07, 6.45) is 1.68. The molecule has 0 saturated carbocycles. The Morgan fingerprint density at radius 2 is 2.33 bits per heavy atom. The molecule has 0 aliphatic heterocycles. The van der Waals surface area contributed by atoms with Crippen LogP contribution in [0.3, 0.4) is 0 Å². The SMILES string of the molecule is Cc1ncc(CNc2ccc(Cl)cc2[N+](=O)[O-])[nH]1. The third-order valence-electron chi connectivity index (χ3n) is 2.38. The Hall–Kier alpha value is -2.08. The molecule has 2 rings (SSSR count). The van der Waals surface area contributed by atoms with Crippen molar-refractivity contribution in [2.45, 2.75) is 13.5 Å². The lowest BCUT2D eigenvalue weighted by Crippen LogP contribution is -2.02. The molecule has 0 amide bonds. The molecule has 0 aliphatic rings. The standard InChI is InChI=1S/C11H11ClN4O2/c1-7-13-5-9(15-7)6-14-10-3-2-8(12)4-11(10)16(17)18/h2-5,14H,6H2,1H3,(H,13,15). The molecule has 0 spiro atoms. The van der Waals surface area contributed by atoms with Gasteiger partial charge >= 0.3 is 0 Å². The van der Waals surface area contributed by atoms with Gasteiger partial charge in [-0.05, 0) is 19.1 Å². The van der Waals surface area contributed by atoms with Gasteiger partial charge in [0.25, 0.3) is 5.69 Å². The van der Waals surface area contributed by atoms with E-state index in [1.54, 1.807) is 18.3 Å². The molecule has 0 saturated heterocycles. The van der Waals surface area contributed by atoms with Gasteiger partial charge < -0.3 is 10.3 Å². The van der Waals surface area contributed by atoms with Crippen molar-refractivity contribution >= 4 is 23.0 Å². The van der Waals surface area contributed by atoms with Gasteiger partial charge in [-0.25, -0.2) is 4.98 Å². The summed E-state index contributed by atoms with van der Waals surface area (Å²) in [5.41, 5.74) is 1.24. The van der Waals surface area contributed by atoms with Crippen LogP contribution >= 0.6 is 11.6 Å². The number of aromatic amines is 1. The van der Waals surface area contributed by atoms with Crippen molar-refractivity contribution in [2.75, 3.05) is 5.32 Å². The third-order valence-corrected chi connectivity index (χ3v) is 2.62. The van der Waals surface area contributed by atoms with Crippen molar-refractivity contribution < 1.29 is 4.92 Å². The quantitative estimate of drug-likeness (QED) is 0.658. The van der Waals surface area contributed by atoms with Gasteiger partial charge in [0, 0.05) is 11.1 Å². The zero-order valence-corrected chi connectivity index (χ0v) is 10.4. The number of halogens is 1. The van der Waals surface area contributed by atoms with Crippen molar-refractivity contribution in [3.63, 3.8) is 0 Å². The lowest BCUT2D eigenvalue weighted by atomic mass is 10.2. The number of aryl methyl sites for hydroxylation is 1. The first kappa shape index (κ1) is 12.4. The first-order valence-electron chi connectivity index (χ1n) is 5.24. The van der Waals surface area contributed by atoms with Gasteiger partial charge in [0.1, 0.15) is 11.5 Å². The van der Waals surface area contributed by atoms with Crippen LogP contribution in [0.5, 0.6) is 0 Å². The Bertz CT molecular complexity index is 582. The van der Waals surface area contributed by atoms with E-state index in [1.807, 2.05) is 6.92 Å². The van der Waals surface area contributed by atoms with Crippen molar-refractivity contribution in [1.29, 1.82) is 0 Å². The fourth-order valence-electron chi connectivity index (χ4n) is 1.56. The molecule has 0 atom stereocenters. The van der Waals surface area contributed by atoms with E-state index < -0.39 is 4.92 Å². The Morgan fingerprint density at radius 1 is 1.56 bits per heavy atom. The summed E-state index contributed by atoms with van der Waals surface area (Å²) in [5, 5.41) is 14.2. The zero-order chi connectivity index (χ0) is 13.1. The van der Waals surface area contributed by atoms with E-state index in [2.05, 4.69) is 15.3 Å². The number of rotatable bonds is 4. The van der Waals surface area contributed by atoms with Crippen LogP contribution in [0.4, 0.5) is 11.4 Å². The average Bonchev–Trinajstić information content (AvgIpc) is 2.73. The molecule has 2 N–H and O–H groups in total. The molecule has 2 aromatic rings. The predicted molar refractivity (Wildman–Crippen MR) is 68.8 cm³/mol. The summed E-state index contributed by atoms with van der Waals surface area (Å²) in [5.74, 6) is 0.803. The molecule has 0 unspecified atom stereocenters. The fraction of sp³-hybridized carbons (Fsp3) is 0.182. The molecule has 18 heavy (non-hydrogen) atoms. The topological polar surface area (TPSA) is 83.8 Å². The normalized spacial score (nSPS) is 10.3. The van der Waals surface area contributed by atoms with Crippen LogP contribution in [-0.2, 0) is 6.54 Å². The summed E-state index contributed by atoms with van der Waals surface area (Å²) in [4.78, 5) is 17.5. The minimum Gasteiger partial charge on any atom is -0.374 e. The van der Waals surface area contributed by atoms with E-state index >= 15 is 0 Å². The van der Waals surface area contributed by atoms with Crippen LogP contribution < -0.4 is 5.32 Å². The second-order valence-electron chi connectivity index (χ2n) is 3.77. The van der Waals surface area contributed by atoms with Crippen molar-refractivity contribution in [1.82, 2.24) is 9.97 Å². The molecule has 0 bridgehead atoms. The number of H-pyrrole nitrogens is 1. The predicted octanol–water partition coefficient (Wildman–Crippen LogP) is 2.89. The van der Waals surface area contributed by atoms with Gasteiger partial charge in [0.05, 0.1) is 23.4 Å². The van der Waals surface area contributed by atoms with E-state index in [1.165, 1.54) is 6.07 Å². The average molecular weight is 267 g/mol. The maximum absolute atomic E-state index is 10.9. The molecular weight excluding hydrogens is 256 g/mol. The van der Waals surface area contributed by atoms with E-state index in [4.69, 9.17) is 11.6 Å². The molecule has 1 aromatic carbocycles. The summed E-state index contributed by atoms with van der Waals surface area (Å²) in [7, 11) is 0. The minimum atomic E-state index is -0.466. The molecule has 0 fully saturated rings. The maximum Gasteiger partial charge on any atom is 0.293 e. The second-order valence-corrected chi connectivity index (χ2v) is 4.20. The highest BCUT2D eigenvalue weighted by molar-refractivity contribution is 6.30. The number of nitrogens with zero attached hydrogens (tertiary/aromatic N) is 2. The van der Waals surface area contributed by atoms with Crippen LogP contribution in [0.2, 0.25) is 5.02 Å². The van der Waals surface area contributed by atoms with Gasteiger partial charge in [-0.2, -0.15) is 0 Å². The van der Waals surface area contributed by atoms with Crippen molar-refractivity contribution in [2.24, 2.45) is 0 Å². The van der Waals surface area contributed by atoms with Gasteiger partial charge in [-0.3, -0.25) is 10.1 Å². The van der Waals surface area contributed by atoms with Crippen molar-refractivity contribution in [3.8, 4) is 0 Å². The number of nitro groups is 1. The lowest BCUT2D eigenvalue weighted by molar-refractivity contribution is -0.383. The number of nitro benzene ring substituents is 1. The third kappa shape index (κ3) is 2.78. The number of nitrogens with one attached hydrogen (secondary N) is 2. The minimum absolute atomic E-state index is 0.0428. The van der Waals surface area contributed by atoms with Gasteiger partial charge in [0.2, 0.25) is 0 Å². The van der Waals surface area contributed by atoms with Crippen molar-refractivity contribution in [3.05, 3.63) is 51.1 Å². The zero-order valence-electron chi connectivity index (χ0n) is 9.61. The highest BCUT2D eigenvalue weighted by atomic mass is 35.5. The maximum atomic E-state index is 10.9. The van der Waals surface area contributed by atoms with E-state index in [9.17, 15) is 10.1 Å². The number of anilines is 1. The van der Waals surface area contributed by atoms with Crippen LogP contribution in [0.15, 0.2) is 24.4 Å². The monoisotopic (exact) mass is 266 g/mol. The Balaban J connectivity index is 2.16. The van der Waals surface area contributed by atoms with Crippen LogP contribution in [0, 0.1) is 17.0 Å². The number of aromatic nitrogens is 2. The first-order valence-corrected chi connectivity index (χ1v) is 5.62. The van der Waals surface area contributed by atoms with Gasteiger partial charge in [-0.1, -0.05) is 11.6 Å². The summed E-state index contributed by atoms with van der Waals surface area (Å²) in [6.45, 7) is 2.28. The summed E-state index contributed by atoms with van der Waals surface area (Å²) >= 11 is 5.73. The molecule has 1 heterocycles. The second kappa shape index (κ2) is 5.05. The number of hydrogen-bond acceptors (Lipinski definition) is 4. The number of benzene rings is 1. The number of imidazole rings is 1. The smallest absolute Gasteiger partial charge is 0.293 e. The van der Waals surface area contributed by atoms with E-state index in [0.29, 0.717) is 17.3 Å². The Kier molecular flexibility index (Phi) is 3.47. The van der Waals surface area contributed by atoms with Gasteiger partial charge in [-0.15, -0.1) is 0 Å².